The first-order valence-electron chi connectivity index (χ1n) is 11.8. The standard InChI is InChI=1S/C29H26N4O4/c1-35-16-13-26(30)32-22-9-12-25-24(17-22)27(34)29(36-18-20-5-3-2-4-6-20)28(37-25)21-7-10-23(11-8-21)33-15-14-31-19-33/h2-12,14-15,17,19H,13,16,18H2,1H3,(H2,30,32). The van der Waals surface area contributed by atoms with Gasteiger partial charge in [-0.2, -0.15) is 0 Å². The maximum absolute atomic E-state index is 13.7. The molecule has 0 radical (unpaired) electrons. The van der Waals surface area contributed by atoms with Crippen molar-refractivity contribution in [2.24, 2.45) is 0 Å². The number of nitrogens with zero attached hydrogens (tertiary/aromatic N) is 2. The number of nitrogens with one attached hydrogen (secondary N) is 2. The molecule has 0 unspecified atom stereocenters. The Kier molecular flexibility index (Phi) is 7.09. The molecule has 2 aromatic heterocycles. The Morgan fingerprint density at radius 2 is 1.89 bits per heavy atom. The molecule has 0 amide bonds. The van der Waals surface area contributed by atoms with Crippen molar-refractivity contribution in [2.75, 3.05) is 19.0 Å². The molecule has 0 aliphatic carbocycles. The average Bonchev–Trinajstić information content (AvgIpc) is 3.47. The van der Waals surface area contributed by atoms with Gasteiger partial charge >= 0.3 is 0 Å². The van der Waals surface area contributed by atoms with Crippen molar-refractivity contribution < 1.29 is 13.9 Å². The number of rotatable bonds is 9. The Hall–Kier alpha value is -4.69. The number of anilines is 1. The fraction of sp³-hybridized carbons (Fsp3) is 0.138. The molecule has 8 nitrogen and oxygen atoms in total. The molecule has 0 fully saturated rings. The molecule has 0 aliphatic rings. The smallest absolute Gasteiger partial charge is 0.235 e. The van der Waals surface area contributed by atoms with Crippen molar-refractivity contribution in [1.82, 2.24) is 9.55 Å². The summed E-state index contributed by atoms with van der Waals surface area (Å²) in [5.41, 5.74) is 3.35. The fourth-order valence-electron chi connectivity index (χ4n) is 3.94. The molecule has 0 saturated heterocycles. The lowest BCUT2D eigenvalue weighted by atomic mass is 10.1. The number of methoxy groups -OCH3 is 1. The maximum Gasteiger partial charge on any atom is 0.235 e. The minimum atomic E-state index is -0.280. The topological polar surface area (TPSA) is 102 Å². The minimum Gasteiger partial charge on any atom is -0.481 e. The third-order valence-electron chi connectivity index (χ3n) is 5.86. The van der Waals surface area contributed by atoms with E-state index in [1.165, 1.54) is 0 Å². The second-order valence-electron chi connectivity index (χ2n) is 8.44. The quantitative estimate of drug-likeness (QED) is 0.203. The van der Waals surface area contributed by atoms with E-state index in [4.69, 9.17) is 19.3 Å². The van der Waals surface area contributed by atoms with E-state index in [2.05, 4.69) is 10.3 Å². The number of aromatic nitrogens is 2. The number of hydrogen-bond acceptors (Lipinski definition) is 6. The first kappa shape index (κ1) is 24.0. The molecule has 37 heavy (non-hydrogen) atoms. The average molecular weight is 495 g/mol. The summed E-state index contributed by atoms with van der Waals surface area (Å²) in [4.78, 5) is 17.8. The molecular weight excluding hydrogens is 468 g/mol. The summed E-state index contributed by atoms with van der Waals surface area (Å²) in [5, 5.41) is 11.5. The van der Waals surface area contributed by atoms with Gasteiger partial charge in [0.2, 0.25) is 11.2 Å². The predicted molar refractivity (Wildman–Crippen MR) is 144 cm³/mol. The van der Waals surface area contributed by atoms with E-state index >= 15 is 0 Å². The van der Waals surface area contributed by atoms with Crippen molar-refractivity contribution in [2.45, 2.75) is 13.0 Å². The Labute approximate surface area is 213 Å². The van der Waals surface area contributed by atoms with Gasteiger partial charge in [0, 0.05) is 42.9 Å². The van der Waals surface area contributed by atoms with E-state index in [-0.39, 0.29) is 17.8 Å². The van der Waals surface area contributed by atoms with Gasteiger partial charge in [0.15, 0.2) is 5.76 Å². The predicted octanol–water partition coefficient (Wildman–Crippen LogP) is 5.65. The van der Waals surface area contributed by atoms with Gasteiger partial charge in [0.25, 0.3) is 0 Å². The third-order valence-corrected chi connectivity index (χ3v) is 5.86. The summed E-state index contributed by atoms with van der Waals surface area (Å²) in [6, 6.07) is 22.5. The molecule has 8 heteroatoms. The van der Waals surface area contributed by atoms with Crippen LogP contribution in [0.25, 0.3) is 28.0 Å². The van der Waals surface area contributed by atoms with Crippen LogP contribution in [0.5, 0.6) is 5.75 Å². The van der Waals surface area contributed by atoms with Gasteiger partial charge in [-0.3, -0.25) is 10.2 Å². The van der Waals surface area contributed by atoms with Gasteiger partial charge in [-0.15, -0.1) is 0 Å². The highest BCUT2D eigenvalue weighted by Gasteiger charge is 2.19. The summed E-state index contributed by atoms with van der Waals surface area (Å²) >= 11 is 0. The summed E-state index contributed by atoms with van der Waals surface area (Å²) in [6.45, 7) is 0.652. The van der Waals surface area contributed by atoms with Crippen molar-refractivity contribution in [3.05, 3.63) is 107 Å². The highest BCUT2D eigenvalue weighted by Crippen LogP contribution is 2.33. The lowest BCUT2D eigenvalue weighted by Crippen LogP contribution is -2.14. The molecule has 5 aromatic rings. The number of hydrogen-bond donors (Lipinski definition) is 2. The van der Waals surface area contributed by atoms with Crippen molar-refractivity contribution in [3.63, 3.8) is 0 Å². The van der Waals surface area contributed by atoms with Crippen LogP contribution < -0.4 is 15.5 Å². The van der Waals surface area contributed by atoms with Crippen LogP contribution in [0.1, 0.15) is 12.0 Å². The molecule has 0 saturated carbocycles. The van der Waals surface area contributed by atoms with Crippen LogP contribution in [-0.4, -0.2) is 29.1 Å². The molecule has 2 N–H and O–H groups in total. The monoisotopic (exact) mass is 494 g/mol. The fourth-order valence-corrected chi connectivity index (χ4v) is 3.94. The number of ether oxygens (including phenoxy) is 2. The summed E-state index contributed by atoms with van der Waals surface area (Å²) in [5.74, 6) is 0.790. The van der Waals surface area contributed by atoms with Crippen molar-refractivity contribution in [3.8, 4) is 22.8 Å². The zero-order valence-electron chi connectivity index (χ0n) is 20.3. The maximum atomic E-state index is 13.7. The SMILES string of the molecule is COCCC(=N)Nc1ccc2oc(-c3ccc(-n4ccnc4)cc3)c(OCc3ccccc3)c(=O)c2c1. The first-order chi connectivity index (χ1) is 18.1. The van der Waals surface area contributed by atoms with E-state index in [9.17, 15) is 4.79 Å². The van der Waals surface area contributed by atoms with Crippen molar-refractivity contribution >= 4 is 22.5 Å². The van der Waals surface area contributed by atoms with Crippen LogP contribution in [0.4, 0.5) is 5.69 Å². The second kappa shape index (κ2) is 10.9. The minimum absolute atomic E-state index is 0.137. The van der Waals surface area contributed by atoms with E-state index in [1.54, 1.807) is 37.8 Å². The molecular formula is C29H26N4O4. The van der Waals surface area contributed by atoms with Gasteiger partial charge in [-0.1, -0.05) is 30.3 Å². The van der Waals surface area contributed by atoms with Gasteiger partial charge < -0.3 is 23.8 Å². The number of imidazole rings is 1. The van der Waals surface area contributed by atoms with Crippen LogP contribution in [0.2, 0.25) is 0 Å². The molecule has 0 aliphatic heterocycles. The highest BCUT2D eigenvalue weighted by molar-refractivity contribution is 5.95. The van der Waals surface area contributed by atoms with Crippen LogP contribution in [0.15, 0.2) is 101 Å². The van der Waals surface area contributed by atoms with Crippen LogP contribution in [0.3, 0.4) is 0 Å². The summed E-state index contributed by atoms with van der Waals surface area (Å²) in [7, 11) is 1.59. The van der Waals surface area contributed by atoms with E-state index in [0.717, 1.165) is 16.8 Å². The molecule has 0 atom stereocenters. The van der Waals surface area contributed by atoms with E-state index in [0.29, 0.717) is 41.3 Å². The number of benzene rings is 3. The largest absolute Gasteiger partial charge is 0.481 e. The lowest BCUT2D eigenvalue weighted by Gasteiger charge is -2.13. The molecule has 2 heterocycles. The lowest BCUT2D eigenvalue weighted by molar-refractivity contribution is 0.207. The molecule has 0 spiro atoms. The Morgan fingerprint density at radius 3 is 2.62 bits per heavy atom. The molecule has 186 valence electrons. The normalized spacial score (nSPS) is 10.9. The van der Waals surface area contributed by atoms with Crippen LogP contribution in [-0.2, 0) is 11.3 Å². The van der Waals surface area contributed by atoms with Crippen LogP contribution >= 0.6 is 0 Å². The van der Waals surface area contributed by atoms with Gasteiger partial charge in [0.1, 0.15) is 12.2 Å². The van der Waals surface area contributed by atoms with Gasteiger partial charge in [0.05, 0.1) is 24.2 Å². The van der Waals surface area contributed by atoms with Crippen molar-refractivity contribution in [1.29, 1.82) is 5.41 Å². The summed E-state index contributed by atoms with van der Waals surface area (Å²) < 4.78 is 19.3. The van der Waals surface area contributed by atoms with Crippen LogP contribution in [0, 0.1) is 5.41 Å². The van der Waals surface area contributed by atoms with E-state index < -0.39 is 0 Å². The third kappa shape index (κ3) is 5.44. The summed E-state index contributed by atoms with van der Waals surface area (Å²) in [6.07, 6.45) is 5.73. The van der Waals surface area contributed by atoms with E-state index in [1.807, 2.05) is 65.4 Å². The Bertz CT molecular complexity index is 1560. The number of fused-ring (bicyclic) bond motifs is 1. The molecule has 3 aromatic carbocycles. The van der Waals surface area contributed by atoms with Gasteiger partial charge in [-0.25, -0.2) is 4.98 Å². The first-order valence-corrected chi connectivity index (χ1v) is 11.8. The zero-order valence-corrected chi connectivity index (χ0v) is 20.3. The Balaban J connectivity index is 1.54. The Morgan fingerprint density at radius 1 is 1.08 bits per heavy atom. The zero-order chi connectivity index (χ0) is 25.6. The molecule has 0 bridgehead atoms. The second-order valence-corrected chi connectivity index (χ2v) is 8.44. The number of amidine groups is 1. The van der Waals surface area contributed by atoms with Gasteiger partial charge in [-0.05, 0) is 48.0 Å². The highest BCUT2D eigenvalue weighted by atomic mass is 16.5. The molecule has 5 rings (SSSR count).